The van der Waals surface area contributed by atoms with Gasteiger partial charge in [0.15, 0.2) is 0 Å². The van der Waals surface area contributed by atoms with E-state index in [0.29, 0.717) is 17.3 Å². The van der Waals surface area contributed by atoms with E-state index in [2.05, 4.69) is 4.98 Å². The number of H-pyrrole nitrogens is 1. The van der Waals surface area contributed by atoms with E-state index in [-0.39, 0.29) is 5.56 Å². The van der Waals surface area contributed by atoms with Gasteiger partial charge >= 0.3 is 0 Å². The first-order chi connectivity index (χ1) is 15.2. The fourth-order valence-electron chi connectivity index (χ4n) is 4.46. The van der Waals surface area contributed by atoms with Gasteiger partial charge in [0.25, 0.3) is 5.56 Å². The molecular weight excluding hydrogens is 428 g/mol. The molecular formula is C24H19ClN4OS. The summed E-state index contributed by atoms with van der Waals surface area (Å²) in [7, 11) is 0. The number of hydrogen-bond acceptors (Lipinski definition) is 4. The van der Waals surface area contributed by atoms with E-state index in [4.69, 9.17) is 21.6 Å². The molecule has 0 saturated heterocycles. The van der Waals surface area contributed by atoms with Gasteiger partial charge in [-0.15, -0.1) is 11.3 Å². The van der Waals surface area contributed by atoms with Crippen LogP contribution < -0.4 is 5.56 Å². The number of nitrogens with zero attached hydrogens (tertiary/aromatic N) is 3. The zero-order chi connectivity index (χ0) is 20.9. The molecule has 3 heterocycles. The highest BCUT2D eigenvalue weighted by Gasteiger charge is 2.23. The highest BCUT2D eigenvalue weighted by molar-refractivity contribution is 7.18. The predicted octanol–water partition coefficient (Wildman–Crippen LogP) is 5.45. The molecule has 154 valence electrons. The molecule has 0 unspecified atom stereocenters. The third-order valence-electron chi connectivity index (χ3n) is 5.91. The largest absolute Gasteiger partial charge is 0.342 e. The van der Waals surface area contributed by atoms with Gasteiger partial charge in [0.2, 0.25) is 0 Å². The molecule has 5 aromatic rings. The number of imidazole rings is 1. The van der Waals surface area contributed by atoms with Gasteiger partial charge in [-0.25, -0.2) is 9.97 Å². The smallest absolute Gasteiger partial charge is 0.267 e. The van der Waals surface area contributed by atoms with E-state index >= 15 is 0 Å². The van der Waals surface area contributed by atoms with E-state index < -0.39 is 0 Å². The summed E-state index contributed by atoms with van der Waals surface area (Å²) in [5.74, 6) is 1.47. The second-order valence-corrected chi connectivity index (χ2v) is 9.43. The average molecular weight is 447 g/mol. The molecule has 0 aliphatic heterocycles. The Bertz CT molecular complexity index is 1460. The summed E-state index contributed by atoms with van der Waals surface area (Å²) in [4.78, 5) is 29.0. The van der Waals surface area contributed by atoms with Crippen LogP contribution in [-0.4, -0.2) is 19.5 Å². The predicted molar refractivity (Wildman–Crippen MR) is 126 cm³/mol. The Morgan fingerprint density at radius 1 is 1.03 bits per heavy atom. The van der Waals surface area contributed by atoms with Crippen LogP contribution in [0.5, 0.6) is 0 Å². The van der Waals surface area contributed by atoms with Crippen molar-refractivity contribution < 1.29 is 0 Å². The van der Waals surface area contributed by atoms with Crippen molar-refractivity contribution in [3.8, 4) is 5.69 Å². The number of aromatic nitrogens is 4. The molecule has 1 N–H and O–H groups in total. The van der Waals surface area contributed by atoms with Crippen LogP contribution in [0.15, 0.2) is 53.3 Å². The number of para-hydroxylation sites is 2. The molecule has 3 aromatic heterocycles. The fraction of sp³-hybridized carbons (Fsp3) is 0.208. The quantitative estimate of drug-likeness (QED) is 0.401. The zero-order valence-electron chi connectivity index (χ0n) is 16.7. The van der Waals surface area contributed by atoms with E-state index in [0.717, 1.165) is 52.0 Å². The Labute approximate surface area is 187 Å². The van der Waals surface area contributed by atoms with Crippen LogP contribution >= 0.6 is 22.9 Å². The SMILES string of the molecule is O=c1c2c3c(sc2nc(Cc2nc4ccccc4[nH]2)n1-c1ccc(Cl)cc1)CCCC3. The van der Waals surface area contributed by atoms with Crippen LogP contribution in [0.4, 0.5) is 0 Å². The minimum atomic E-state index is -0.00201. The second-order valence-electron chi connectivity index (χ2n) is 7.91. The van der Waals surface area contributed by atoms with E-state index in [1.54, 1.807) is 15.9 Å². The molecule has 0 saturated carbocycles. The van der Waals surface area contributed by atoms with Gasteiger partial charge in [0.05, 0.1) is 28.5 Å². The van der Waals surface area contributed by atoms with Crippen molar-refractivity contribution in [2.24, 2.45) is 0 Å². The van der Waals surface area contributed by atoms with Crippen LogP contribution in [0.3, 0.4) is 0 Å². The molecule has 0 spiro atoms. The molecule has 1 aliphatic carbocycles. The normalized spacial score (nSPS) is 13.7. The Morgan fingerprint density at radius 3 is 2.68 bits per heavy atom. The molecule has 0 atom stereocenters. The number of thiophene rings is 1. The van der Waals surface area contributed by atoms with Gasteiger partial charge in [-0.1, -0.05) is 23.7 Å². The lowest BCUT2D eigenvalue weighted by Crippen LogP contribution is -2.24. The summed E-state index contributed by atoms with van der Waals surface area (Å²) >= 11 is 7.78. The van der Waals surface area contributed by atoms with Crippen molar-refractivity contribution in [3.63, 3.8) is 0 Å². The first kappa shape index (κ1) is 18.8. The van der Waals surface area contributed by atoms with Crippen molar-refractivity contribution in [3.05, 3.63) is 86.0 Å². The van der Waals surface area contributed by atoms with Crippen LogP contribution in [0.25, 0.3) is 26.9 Å². The number of benzene rings is 2. The monoisotopic (exact) mass is 446 g/mol. The maximum Gasteiger partial charge on any atom is 0.267 e. The standard InChI is InChI=1S/C24H19ClN4OS/c25-14-9-11-15(12-10-14)29-21(13-20-26-17-6-2-3-7-18(17)27-20)28-23-22(24(29)30)16-5-1-4-8-19(16)31-23/h2-3,6-7,9-12H,1,4-5,8,13H2,(H,26,27). The highest BCUT2D eigenvalue weighted by atomic mass is 35.5. The second kappa shape index (κ2) is 7.32. The summed E-state index contributed by atoms with van der Waals surface area (Å²) < 4.78 is 1.73. The average Bonchev–Trinajstić information content (AvgIpc) is 3.35. The Hall–Kier alpha value is -2.96. The lowest BCUT2D eigenvalue weighted by Gasteiger charge is -2.13. The van der Waals surface area contributed by atoms with Crippen LogP contribution in [0, 0.1) is 0 Å². The molecule has 2 aromatic carbocycles. The number of rotatable bonds is 3. The molecule has 31 heavy (non-hydrogen) atoms. The number of nitrogens with one attached hydrogen (secondary N) is 1. The first-order valence-corrected chi connectivity index (χ1v) is 11.6. The van der Waals surface area contributed by atoms with Crippen molar-refractivity contribution >= 4 is 44.2 Å². The minimum Gasteiger partial charge on any atom is -0.342 e. The van der Waals surface area contributed by atoms with E-state index in [1.807, 2.05) is 48.5 Å². The molecule has 5 nitrogen and oxygen atoms in total. The number of aromatic amines is 1. The molecule has 0 fully saturated rings. The van der Waals surface area contributed by atoms with E-state index in [1.165, 1.54) is 16.9 Å². The zero-order valence-corrected chi connectivity index (χ0v) is 18.3. The first-order valence-electron chi connectivity index (χ1n) is 10.4. The maximum atomic E-state index is 13.8. The third kappa shape index (κ3) is 3.18. The topological polar surface area (TPSA) is 63.6 Å². The highest BCUT2D eigenvalue weighted by Crippen LogP contribution is 2.34. The molecule has 0 radical (unpaired) electrons. The number of fused-ring (bicyclic) bond motifs is 4. The molecule has 6 rings (SSSR count). The summed E-state index contributed by atoms with van der Waals surface area (Å²) in [6.45, 7) is 0. The van der Waals surface area contributed by atoms with Crippen molar-refractivity contribution in [2.75, 3.05) is 0 Å². The van der Waals surface area contributed by atoms with Crippen molar-refractivity contribution in [2.45, 2.75) is 32.1 Å². The summed E-state index contributed by atoms with van der Waals surface area (Å²) in [6, 6.07) is 15.3. The Kier molecular flexibility index (Phi) is 4.44. The number of halogens is 1. The van der Waals surface area contributed by atoms with Crippen LogP contribution in [0.1, 0.15) is 34.9 Å². The van der Waals surface area contributed by atoms with Crippen molar-refractivity contribution in [1.82, 2.24) is 19.5 Å². The number of hydrogen-bond donors (Lipinski definition) is 1. The van der Waals surface area contributed by atoms with Crippen LogP contribution in [-0.2, 0) is 19.3 Å². The van der Waals surface area contributed by atoms with Crippen molar-refractivity contribution in [1.29, 1.82) is 0 Å². The minimum absolute atomic E-state index is 0.00201. The maximum absolute atomic E-state index is 13.8. The van der Waals surface area contributed by atoms with E-state index in [9.17, 15) is 4.79 Å². The van der Waals surface area contributed by atoms with Crippen LogP contribution in [0.2, 0.25) is 5.02 Å². The fourth-order valence-corrected chi connectivity index (χ4v) is 5.86. The number of aryl methyl sites for hydroxylation is 2. The van der Waals surface area contributed by atoms with Gasteiger partial charge in [-0.05, 0) is 67.6 Å². The summed E-state index contributed by atoms with van der Waals surface area (Å²) in [5, 5.41) is 1.42. The van der Waals surface area contributed by atoms with Gasteiger partial charge < -0.3 is 4.98 Å². The van der Waals surface area contributed by atoms with Gasteiger partial charge in [-0.3, -0.25) is 9.36 Å². The Balaban J connectivity index is 1.58. The molecule has 0 amide bonds. The lowest BCUT2D eigenvalue weighted by molar-refractivity contribution is 0.699. The molecule has 1 aliphatic rings. The lowest BCUT2D eigenvalue weighted by atomic mass is 9.97. The summed E-state index contributed by atoms with van der Waals surface area (Å²) in [6.07, 6.45) is 4.73. The van der Waals surface area contributed by atoms with Gasteiger partial charge in [0.1, 0.15) is 16.5 Å². The Morgan fingerprint density at radius 2 is 1.84 bits per heavy atom. The third-order valence-corrected chi connectivity index (χ3v) is 7.34. The van der Waals surface area contributed by atoms with Gasteiger partial charge in [-0.2, -0.15) is 0 Å². The summed E-state index contributed by atoms with van der Waals surface area (Å²) in [5.41, 5.74) is 3.85. The molecule has 7 heteroatoms. The van der Waals surface area contributed by atoms with Gasteiger partial charge in [0, 0.05) is 9.90 Å². The molecule has 0 bridgehead atoms.